The van der Waals surface area contributed by atoms with E-state index < -0.39 is 26.6 Å². The third kappa shape index (κ3) is 4.71. The predicted molar refractivity (Wildman–Crippen MR) is 117 cm³/mol. The van der Waals surface area contributed by atoms with Crippen LogP contribution in [0.5, 0.6) is 0 Å². The lowest BCUT2D eigenvalue weighted by molar-refractivity contribution is -0.126. The van der Waals surface area contributed by atoms with Crippen LogP contribution in [0.1, 0.15) is 55.3 Å². The van der Waals surface area contributed by atoms with Gasteiger partial charge in [0.1, 0.15) is 16.5 Å². The Kier molecular flexibility index (Phi) is 6.62. The number of carbonyl (C=O) groups excluding carboxylic acids is 1. The van der Waals surface area contributed by atoms with Crippen molar-refractivity contribution in [3.05, 3.63) is 64.7 Å². The van der Waals surface area contributed by atoms with E-state index in [1.807, 2.05) is 6.92 Å². The third-order valence-corrected chi connectivity index (χ3v) is 8.48. The Labute approximate surface area is 187 Å². The summed E-state index contributed by atoms with van der Waals surface area (Å²) in [5.74, 6) is -2.22. The number of sulfonamides is 1. The number of aryl methyl sites for hydroxylation is 2. The zero-order valence-corrected chi connectivity index (χ0v) is 18.9. The van der Waals surface area contributed by atoms with Crippen LogP contribution in [0.3, 0.4) is 0 Å². The molecule has 8 heteroatoms. The lowest BCUT2D eigenvalue weighted by Gasteiger charge is -2.31. The summed E-state index contributed by atoms with van der Waals surface area (Å²) in [7, 11) is -4.15. The van der Waals surface area contributed by atoms with Crippen molar-refractivity contribution in [1.82, 2.24) is 9.62 Å². The molecule has 0 spiro atoms. The molecule has 1 N–H and O–H groups in total. The Bertz CT molecular complexity index is 1110. The fraction of sp³-hybridized carbons (Fsp3) is 0.458. The number of amides is 1. The fourth-order valence-electron chi connectivity index (χ4n) is 4.61. The van der Waals surface area contributed by atoms with Gasteiger partial charge in [-0.15, -0.1) is 0 Å². The summed E-state index contributed by atoms with van der Waals surface area (Å²) < 4.78 is 54.1. The number of nitrogens with one attached hydrogen (secondary N) is 1. The SMILES string of the molecule is CC(NC(=O)C1CCN(S(=O)(=O)c2cc(F)ccc2F)CC1)c1ccc2c(c1)CCCC2. The molecule has 2 aromatic carbocycles. The summed E-state index contributed by atoms with van der Waals surface area (Å²) >= 11 is 0. The maximum Gasteiger partial charge on any atom is 0.246 e. The van der Waals surface area contributed by atoms with Crippen LogP contribution in [0.4, 0.5) is 8.78 Å². The first-order chi connectivity index (χ1) is 15.3. The van der Waals surface area contributed by atoms with Gasteiger partial charge in [-0.05, 0) is 80.3 Å². The van der Waals surface area contributed by atoms with Crippen LogP contribution in [0.15, 0.2) is 41.3 Å². The number of halogens is 2. The van der Waals surface area contributed by atoms with Crippen molar-refractivity contribution in [2.24, 2.45) is 5.92 Å². The van der Waals surface area contributed by atoms with Crippen molar-refractivity contribution in [1.29, 1.82) is 0 Å². The van der Waals surface area contributed by atoms with Gasteiger partial charge >= 0.3 is 0 Å². The van der Waals surface area contributed by atoms with E-state index in [1.165, 1.54) is 24.0 Å². The van der Waals surface area contributed by atoms with E-state index in [0.29, 0.717) is 18.9 Å². The van der Waals surface area contributed by atoms with Crippen LogP contribution in [-0.4, -0.2) is 31.7 Å². The molecule has 4 rings (SSSR count). The van der Waals surface area contributed by atoms with Gasteiger partial charge in [0.2, 0.25) is 15.9 Å². The van der Waals surface area contributed by atoms with Gasteiger partial charge in [-0.25, -0.2) is 17.2 Å². The summed E-state index contributed by atoms with van der Waals surface area (Å²) in [6.45, 7) is 2.13. The number of benzene rings is 2. The van der Waals surface area contributed by atoms with Crippen LogP contribution in [-0.2, 0) is 27.7 Å². The Morgan fingerprint density at radius 3 is 2.44 bits per heavy atom. The molecular weight excluding hydrogens is 434 g/mol. The number of carbonyl (C=O) groups is 1. The monoisotopic (exact) mass is 462 g/mol. The minimum absolute atomic E-state index is 0.0869. The first kappa shape index (κ1) is 22.9. The third-order valence-electron chi connectivity index (χ3n) is 6.57. The van der Waals surface area contributed by atoms with Crippen LogP contribution >= 0.6 is 0 Å². The number of nitrogens with zero attached hydrogens (tertiary/aromatic N) is 1. The second-order valence-electron chi connectivity index (χ2n) is 8.72. The van der Waals surface area contributed by atoms with Gasteiger partial charge < -0.3 is 5.32 Å². The summed E-state index contributed by atoms with van der Waals surface area (Å²) in [5.41, 5.74) is 3.82. The molecule has 0 bridgehead atoms. The van der Waals surface area contributed by atoms with Crippen molar-refractivity contribution < 1.29 is 22.0 Å². The molecule has 1 unspecified atom stereocenters. The van der Waals surface area contributed by atoms with Crippen molar-refractivity contribution in [2.75, 3.05) is 13.1 Å². The van der Waals surface area contributed by atoms with E-state index in [2.05, 4.69) is 23.5 Å². The second-order valence-corrected chi connectivity index (χ2v) is 10.6. The van der Waals surface area contributed by atoms with E-state index in [1.54, 1.807) is 0 Å². The lowest BCUT2D eigenvalue weighted by atomic mass is 9.89. The highest BCUT2D eigenvalue weighted by Crippen LogP contribution is 2.28. The first-order valence-electron chi connectivity index (χ1n) is 11.1. The molecule has 1 aliphatic carbocycles. The standard InChI is InChI=1S/C24H28F2N2O3S/c1-16(19-7-6-17-4-2-3-5-20(17)14-19)27-24(29)18-10-12-28(13-11-18)32(30,31)23-15-21(25)8-9-22(23)26/h6-9,14-16,18H,2-5,10-13H2,1H3,(H,27,29). The molecule has 32 heavy (non-hydrogen) atoms. The van der Waals surface area contributed by atoms with Crippen LogP contribution < -0.4 is 5.32 Å². The molecule has 0 radical (unpaired) electrons. The molecule has 1 amide bonds. The average Bonchev–Trinajstić information content (AvgIpc) is 2.80. The highest BCUT2D eigenvalue weighted by Gasteiger charge is 2.34. The second kappa shape index (κ2) is 9.27. The normalized spacial score (nSPS) is 18.7. The van der Waals surface area contributed by atoms with E-state index in [4.69, 9.17) is 0 Å². The maximum atomic E-state index is 14.0. The van der Waals surface area contributed by atoms with E-state index in [9.17, 15) is 22.0 Å². The highest BCUT2D eigenvalue weighted by atomic mass is 32.2. The summed E-state index contributed by atoms with van der Waals surface area (Å²) in [6, 6.07) is 8.66. The van der Waals surface area contributed by atoms with Gasteiger partial charge in [0.05, 0.1) is 6.04 Å². The largest absolute Gasteiger partial charge is 0.349 e. The Hall–Kier alpha value is -2.32. The molecule has 1 fully saturated rings. The van der Waals surface area contributed by atoms with Crippen molar-refractivity contribution in [3.8, 4) is 0 Å². The van der Waals surface area contributed by atoms with Gasteiger partial charge in [-0.2, -0.15) is 4.31 Å². The average molecular weight is 463 g/mol. The smallest absolute Gasteiger partial charge is 0.246 e. The maximum absolute atomic E-state index is 14.0. The zero-order valence-electron chi connectivity index (χ0n) is 18.1. The molecule has 2 aromatic rings. The van der Waals surface area contributed by atoms with E-state index >= 15 is 0 Å². The number of fused-ring (bicyclic) bond motifs is 1. The first-order valence-corrected chi connectivity index (χ1v) is 12.6. The fourth-order valence-corrected chi connectivity index (χ4v) is 6.16. The topological polar surface area (TPSA) is 66.5 Å². The molecule has 172 valence electrons. The molecule has 5 nitrogen and oxygen atoms in total. The Morgan fingerprint density at radius 2 is 1.72 bits per heavy atom. The number of hydrogen-bond acceptors (Lipinski definition) is 3. The van der Waals surface area contributed by atoms with Crippen molar-refractivity contribution in [3.63, 3.8) is 0 Å². The molecule has 1 atom stereocenters. The molecule has 1 saturated heterocycles. The molecule has 0 saturated carbocycles. The molecule has 1 aliphatic heterocycles. The summed E-state index contributed by atoms with van der Waals surface area (Å²) in [5, 5.41) is 3.06. The van der Waals surface area contributed by atoms with Crippen LogP contribution in [0.25, 0.3) is 0 Å². The quantitative estimate of drug-likeness (QED) is 0.727. The molecule has 2 aliphatic rings. The lowest BCUT2D eigenvalue weighted by Crippen LogP contribution is -2.43. The van der Waals surface area contributed by atoms with Crippen molar-refractivity contribution in [2.45, 2.75) is 56.4 Å². The highest BCUT2D eigenvalue weighted by molar-refractivity contribution is 7.89. The molecular formula is C24H28F2N2O3S. The number of piperidine rings is 1. The van der Waals surface area contributed by atoms with Gasteiger partial charge in [-0.1, -0.05) is 18.2 Å². The van der Waals surface area contributed by atoms with Gasteiger partial charge in [0.15, 0.2) is 0 Å². The van der Waals surface area contributed by atoms with Gasteiger partial charge in [0.25, 0.3) is 0 Å². The number of hydrogen-bond donors (Lipinski definition) is 1. The Morgan fingerprint density at radius 1 is 1.03 bits per heavy atom. The summed E-state index contributed by atoms with van der Waals surface area (Å²) in [4.78, 5) is 12.1. The number of rotatable bonds is 5. The zero-order chi connectivity index (χ0) is 22.9. The molecule has 0 aromatic heterocycles. The van der Waals surface area contributed by atoms with E-state index in [-0.39, 0.29) is 31.0 Å². The van der Waals surface area contributed by atoms with Crippen molar-refractivity contribution >= 4 is 15.9 Å². The summed E-state index contributed by atoms with van der Waals surface area (Å²) in [6.07, 6.45) is 5.26. The van der Waals surface area contributed by atoms with Crippen LogP contribution in [0.2, 0.25) is 0 Å². The van der Waals surface area contributed by atoms with Gasteiger partial charge in [-0.3, -0.25) is 4.79 Å². The molecule has 1 heterocycles. The predicted octanol–water partition coefficient (Wildman–Crippen LogP) is 4.12. The van der Waals surface area contributed by atoms with Crippen LogP contribution in [0, 0.1) is 17.6 Å². The minimum Gasteiger partial charge on any atom is -0.349 e. The minimum atomic E-state index is -4.15. The Balaban J connectivity index is 1.37. The van der Waals surface area contributed by atoms with E-state index in [0.717, 1.165) is 34.8 Å². The van der Waals surface area contributed by atoms with Gasteiger partial charge in [0, 0.05) is 19.0 Å².